The molecule has 0 aromatic carbocycles. The molecule has 1 atom stereocenters. The molecule has 1 fully saturated rings. The summed E-state index contributed by atoms with van der Waals surface area (Å²) in [6.07, 6.45) is 7.14. The van der Waals surface area contributed by atoms with E-state index >= 15 is 0 Å². The number of nitrogens with zero attached hydrogens (tertiary/aromatic N) is 3. The molecular weight excluding hydrogens is 228 g/mol. The van der Waals surface area contributed by atoms with Crippen LogP contribution in [0, 0.1) is 5.92 Å². The molecule has 0 saturated carbocycles. The van der Waals surface area contributed by atoms with Crippen molar-refractivity contribution in [2.75, 3.05) is 44.1 Å². The fourth-order valence-electron chi connectivity index (χ4n) is 2.10. The van der Waals surface area contributed by atoms with Crippen molar-refractivity contribution in [3.05, 3.63) is 12.4 Å². The van der Waals surface area contributed by atoms with Crippen LogP contribution < -0.4 is 10.2 Å². The Labute approximate surface area is 109 Å². The highest BCUT2D eigenvalue weighted by Gasteiger charge is 2.13. The Balaban J connectivity index is 1.77. The highest BCUT2D eigenvalue weighted by molar-refractivity contribution is 5.42. The molecule has 1 N–H and O–H groups in total. The Kier molecular flexibility index (Phi) is 4.75. The Bertz CT molecular complexity index is 364. The highest BCUT2D eigenvalue weighted by atomic mass is 16.5. The van der Waals surface area contributed by atoms with Crippen molar-refractivity contribution in [2.45, 2.75) is 19.3 Å². The molecule has 5 heteroatoms. The van der Waals surface area contributed by atoms with E-state index in [-0.39, 0.29) is 0 Å². The molecule has 0 bridgehead atoms. The molecule has 18 heavy (non-hydrogen) atoms. The number of ether oxygens (including phenoxy) is 1. The standard InChI is InChI=1S/C13H22N4O/c1-17(2)13-9-14-8-12(16-13)15-6-5-11-4-3-7-18-10-11/h8-9,11H,3-7,10H2,1-2H3,(H,15,16)/t11-/m1/s1. The average Bonchev–Trinajstić information content (AvgIpc) is 2.40. The van der Waals surface area contributed by atoms with E-state index in [1.807, 2.05) is 19.0 Å². The van der Waals surface area contributed by atoms with Crippen molar-refractivity contribution in [3.63, 3.8) is 0 Å². The Hall–Kier alpha value is -1.36. The molecule has 100 valence electrons. The molecule has 5 nitrogen and oxygen atoms in total. The topological polar surface area (TPSA) is 50.3 Å². The van der Waals surface area contributed by atoms with E-state index in [2.05, 4.69) is 15.3 Å². The van der Waals surface area contributed by atoms with Gasteiger partial charge in [-0.1, -0.05) is 0 Å². The fourth-order valence-corrected chi connectivity index (χ4v) is 2.10. The van der Waals surface area contributed by atoms with Gasteiger partial charge in [0, 0.05) is 33.9 Å². The molecule has 0 radical (unpaired) electrons. The van der Waals surface area contributed by atoms with Gasteiger partial charge in [0.1, 0.15) is 11.6 Å². The van der Waals surface area contributed by atoms with E-state index in [4.69, 9.17) is 4.74 Å². The summed E-state index contributed by atoms with van der Waals surface area (Å²) in [5.41, 5.74) is 0. The minimum absolute atomic E-state index is 0.691. The molecule has 1 saturated heterocycles. The maximum atomic E-state index is 5.47. The van der Waals surface area contributed by atoms with E-state index in [9.17, 15) is 0 Å². The number of hydrogen-bond donors (Lipinski definition) is 1. The quantitative estimate of drug-likeness (QED) is 0.863. The first-order valence-corrected chi connectivity index (χ1v) is 6.56. The second kappa shape index (κ2) is 6.54. The molecule has 1 aromatic heterocycles. The van der Waals surface area contributed by atoms with E-state index in [1.54, 1.807) is 12.4 Å². The van der Waals surface area contributed by atoms with Crippen LogP contribution in [0.5, 0.6) is 0 Å². The van der Waals surface area contributed by atoms with Crippen molar-refractivity contribution >= 4 is 11.6 Å². The van der Waals surface area contributed by atoms with Crippen LogP contribution in [0.1, 0.15) is 19.3 Å². The number of nitrogens with one attached hydrogen (secondary N) is 1. The number of hydrogen-bond acceptors (Lipinski definition) is 5. The summed E-state index contributed by atoms with van der Waals surface area (Å²) in [6, 6.07) is 0. The summed E-state index contributed by atoms with van der Waals surface area (Å²) in [5.74, 6) is 2.41. The zero-order valence-corrected chi connectivity index (χ0v) is 11.2. The van der Waals surface area contributed by atoms with Gasteiger partial charge < -0.3 is 15.0 Å². The van der Waals surface area contributed by atoms with Crippen LogP contribution in [0.25, 0.3) is 0 Å². The molecule has 0 aliphatic carbocycles. The zero-order valence-electron chi connectivity index (χ0n) is 11.2. The van der Waals surface area contributed by atoms with Gasteiger partial charge in [0.15, 0.2) is 0 Å². The summed E-state index contributed by atoms with van der Waals surface area (Å²) in [7, 11) is 3.93. The third-order valence-electron chi connectivity index (χ3n) is 3.19. The summed E-state index contributed by atoms with van der Waals surface area (Å²) >= 11 is 0. The molecule has 1 aromatic rings. The lowest BCUT2D eigenvalue weighted by Crippen LogP contribution is -2.20. The van der Waals surface area contributed by atoms with Gasteiger partial charge in [-0.3, -0.25) is 4.98 Å². The number of anilines is 2. The second-order valence-electron chi connectivity index (χ2n) is 4.96. The fraction of sp³-hybridized carbons (Fsp3) is 0.692. The lowest BCUT2D eigenvalue weighted by atomic mass is 9.99. The lowest BCUT2D eigenvalue weighted by molar-refractivity contribution is 0.0530. The maximum Gasteiger partial charge on any atom is 0.149 e. The Morgan fingerprint density at radius 2 is 2.33 bits per heavy atom. The van der Waals surface area contributed by atoms with Crippen molar-refractivity contribution in [1.29, 1.82) is 0 Å². The van der Waals surface area contributed by atoms with Gasteiger partial charge in [0.05, 0.1) is 12.4 Å². The molecule has 2 heterocycles. The van der Waals surface area contributed by atoms with E-state index < -0.39 is 0 Å². The molecule has 0 amide bonds. The first kappa shape index (κ1) is 13.1. The third-order valence-corrected chi connectivity index (χ3v) is 3.19. The van der Waals surface area contributed by atoms with Gasteiger partial charge in [-0.2, -0.15) is 0 Å². The van der Waals surface area contributed by atoms with Gasteiger partial charge >= 0.3 is 0 Å². The normalized spacial score (nSPS) is 19.6. The zero-order chi connectivity index (χ0) is 12.8. The largest absolute Gasteiger partial charge is 0.381 e. The van der Waals surface area contributed by atoms with Gasteiger partial charge in [-0.05, 0) is 25.2 Å². The van der Waals surface area contributed by atoms with Crippen molar-refractivity contribution in [2.24, 2.45) is 5.92 Å². The first-order chi connectivity index (χ1) is 8.75. The molecule has 1 aliphatic rings. The van der Waals surface area contributed by atoms with Crippen LogP contribution in [0.15, 0.2) is 12.4 Å². The van der Waals surface area contributed by atoms with Crippen molar-refractivity contribution in [1.82, 2.24) is 9.97 Å². The number of aromatic nitrogens is 2. The summed E-state index contributed by atoms with van der Waals surface area (Å²) in [6.45, 7) is 2.77. The monoisotopic (exact) mass is 250 g/mol. The third kappa shape index (κ3) is 3.84. The van der Waals surface area contributed by atoms with Crippen LogP contribution in [-0.4, -0.2) is 43.8 Å². The SMILES string of the molecule is CN(C)c1cncc(NCC[C@H]2CCCOC2)n1. The molecular formula is C13H22N4O. The average molecular weight is 250 g/mol. The van der Waals surface area contributed by atoms with Crippen molar-refractivity contribution in [3.8, 4) is 0 Å². The summed E-state index contributed by atoms with van der Waals surface area (Å²) < 4.78 is 5.47. The molecule has 0 unspecified atom stereocenters. The van der Waals surface area contributed by atoms with Gasteiger partial charge in [-0.25, -0.2) is 4.98 Å². The van der Waals surface area contributed by atoms with Crippen LogP contribution in [-0.2, 0) is 4.74 Å². The lowest BCUT2D eigenvalue weighted by Gasteiger charge is -2.22. The predicted molar refractivity (Wildman–Crippen MR) is 73.0 cm³/mol. The van der Waals surface area contributed by atoms with Gasteiger partial charge in [0.2, 0.25) is 0 Å². The van der Waals surface area contributed by atoms with E-state index in [1.165, 1.54) is 12.8 Å². The molecule has 1 aliphatic heterocycles. The maximum absolute atomic E-state index is 5.47. The summed E-state index contributed by atoms with van der Waals surface area (Å²) in [5, 5.41) is 3.33. The van der Waals surface area contributed by atoms with Gasteiger partial charge in [0.25, 0.3) is 0 Å². The van der Waals surface area contributed by atoms with Crippen LogP contribution in [0.4, 0.5) is 11.6 Å². The Morgan fingerprint density at radius 3 is 3.06 bits per heavy atom. The molecule has 0 spiro atoms. The summed E-state index contributed by atoms with van der Waals surface area (Å²) in [4.78, 5) is 10.6. The van der Waals surface area contributed by atoms with E-state index in [0.29, 0.717) is 5.92 Å². The van der Waals surface area contributed by atoms with Crippen LogP contribution in [0.2, 0.25) is 0 Å². The van der Waals surface area contributed by atoms with Crippen LogP contribution in [0.3, 0.4) is 0 Å². The second-order valence-corrected chi connectivity index (χ2v) is 4.96. The minimum Gasteiger partial charge on any atom is -0.381 e. The van der Waals surface area contributed by atoms with Gasteiger partial charge in [-0.15, -0.1) is 0 Å². The highest BCUT2D eigenvalue weighted by Crippen LogP contribution is 2.17. The number of rotatable bonds is 5. The van der Waals surface area contributed by atoms with Crippen molar-refractivity contribution < 1.29 is 4.74 Å². The Morgan fingerprint density at radius 1 is 1.44 bits per heavy atom. The minimum atomic E-state index is 0.691. The van der Waals surface area contributed by atoms with E-state index in [0.717, 1.165) is 37.8 Å². The van der Waals surface area contributed by atoms with Crippen LogP contribution >= 0.6 is 0 Å². The molecule has 2 rings (SSSR count). The smallest absolute Gasteiger partial charge is 0.149 e. The first-order valence-electron chi connectivity index (χ1n) is 6.56. The predicted octanol–water partition coefficient (Wildman–Crippen LogP) is 1.77.